The third-order valence-corrected chi connectivity index (χ3v) is 3.04. The van der Waals surface area contributed by atoms with E-state index in [2.05, 4.69) is 36.1 Å². The van der Waals surface area contributed by atoms with Crippen molar-refractivity contribution in [1.29, 1.82) is 0 Å². The molecule has 0 saturated heterocycles. The first-order valence-electron chi connectivity index (χ1n) is 5.96. The molecule has 0 aromatic carbocycles. The summed E-state index contributed by atoms with van der Waals surface area (Å²) in [6.07, 6.45) is 3.25. The lowest BCUT2D eigenvalue weighted by atomic mass is 10.0. The van der Waals surface area contributed by atoms with Crippen molar-refractivity contribution in [3.8, 4) is 0 Å². The summed E-state index contributed by atoms with van der Waals surface area (Å²) in [7, 11) is 0. The van der Waals surface area contributed by atoms with Gasteiger partial charge in [0.1, 0.15) is 17.3 Å². The number of aromatic nitrogens is 2. The highest BCUT2D eigenvalue weighted by molar-refractivity contribution is 6.30. The van der Waals surface area contributed by atoms with E-state index in [0.717, 1.165) is 24.2 Å². The molecule has 0 amide bonds. The monoisotopic (exact) mass is 257 g/mol. The van der Waals surface area contributed by atoms with E-state index in [4.69, 9.17) is 11.6 Å². The van der Waals surface area contributed by atoms with E-state index < -0.39 is 0 Å². The molecule has 1 unspecified atom stereocenters. The highest BCUT2D eigenvalue weighted by atomic mass is 35.5. The predicted octanol–water partition coefficient (Wildman–Crippen LogP) is 2.51. The molecule has 17 heavy (non-hydrogen) atoms. The van der Waals surface area contributed by atoms with Crippen LogP contribution < -0.4 is 5.32 Å². The number of halogens is 1. The first-order valence-corrected chi connectivity index (χ1v) is 6.34. The van der Waals surface area contributed by atoms with Crippen molar-refractivity contribution in [2.45, 2.75) is 39.7 Å². The molecule has 0 aliphatic rings. The average Bonchev–Trinajstić information content (AvgIpc) is 2.29. The van der Waals surface area contributed by atoms with Gasteiger partial charge < -0.3 is 10.4 Å². The molecule has 0 bridgehead atoms. The molecule has 96 valence electrons. The van der Waals surface area contributed by atoms with Crippen LogP contribution >= 0.6 is 11.6 Å². The maximum atomic E-state index is 9.31. The van der Waals surface area contributed by atoms with Crippen molar-refractivity contribution in [2.75, 3.05) is 11.9 Å². The average molecular weight is 258 g/mol. The molecular formula is C12H20ClN3O. The van der Waals surface area contributed by atoms with Gasteiger partial charge in [-0.05, 0) is 12.3 Å². The summed E-state index contributed by atoms with van der Waals surface area (Å²) >= 11 is 6.06. The van der Waals surface area contributed by atoms with Gasteiger partial charge in [-0.1, -0.05) is 38.8 Å². The van der Waals surface area contributed by atoms with Crippen molar-refractivity contribution in [3.63, 3.8) is 0 Å². The van der Waals surface area contributed by atoms with Gasteiger partial charge in [-0.15, -0.1) is 0 Å². The fraction of sp³-hybridized carbons (Fsp3) is 0.667. The third kappa shape index (κ3) is 3.82. The smallest absolute Gasteiger partial charge is 0.137 e. The molecule has 1 aromatic heterocycles. The largest absolute Gasteiger partial charge is 0.394 e. The molecule has 0 spiro atoms. The molecule has 0 aliphatic carbocycles. The van der Waals surface area contributed by atoms with E-state index in [-0.39, 0.29) is 12.6 Å². The molecule has 5 heteroatoms. The number of nitrogens with zero attached hydrogens (tertiary/aromatic N) is 2. The van der Waals surface area contributed by atoms with Crippen LogP contribution in [0.4, 0.5) is 5.82 Å². The molecule has 4 nitrogen and oxygen atoms in total. The Morgan fingerprint density at radius 3 is 2.65 bits per heavy atom. The van der Waals surface area contributed by atoms with Crippen molar-refractivity contribution in [1.82, 2.24) is 9.97 Å². The normalized spacial score (nSPS) is 12.8. The van der Waals surface area contributed by atoms with Crippen LogP contribution in [0.5, 0.6) is 0 Å². The second-order valence-corrected chi connectivity index (χ2v) is 4.78. The third-order valence-electron chi connectivity index (χ3n) is 2.72. The Morgan fingerprint density at radius 1 is 1.41 bits per heavy atom. The van der Waals surface area contributed by atoms with E-state index in [9.17, 15) is 5.11 Å². The zero-order valence-corrected chi connectivity index (χ0v) is 11.3. The Balaban J connectivity index is 2.92. The van der Waals surface area contributed by atoms with Crippen molar-refractivity contribution < 1.29 is 5.11 Å². The van der Waals surface area contributed by atoms with Gasteiger partial charge in [0.05, 0.1) is 12.6 Å². The van der Waals surface area contributed by atoms with Gasteiger partial charge in [0.2, 0.25) is 0 Å². The molecule has 0 fully saturated rings. The number of nitrogens with one attached hydrogen (secondary N) is 1. The van der Waals surface area contributed by atoms with Crippen molar-refractivity contribution in [3.05, 3.63) is 17.0 Å². The number of rotatable bonds is 6. The standard InChI is InChI=1S/C12H20ClN3O/c1-4-5-9-11(13)14-7-15-12(9)16-10(6-17)8(2)3/h7-8,10,17H,4-6H2,1-3H3,(H,14,15,16). The second kappa shape index (κ2) is 6.77. The minimum atomic E-state index is -0.0171. The van der Waals surface area contributed by atoms with Crippen LogP contribution in [0.1, 0.15) is 32.8 Å². The van der Waals surface area contributed by atoms with E-state index in [1.54, 1.807) is 0 Å². The topological polar surface area (TPSA) is 58.0 Å². The molecule has 0 radical (unpaired) electrons. The minimum Gasteiger partial charge on any atom is -0.394 e. The molecule has 2 N–H and O–H groups in total. The summed E-state index contributed by atoms with van der Waals surface area (Å²) in [5.74, 6) is 1.06. The number of aliphatic hydroxyl groups is 1. The molecule has 1 heterocycles. The Labute approximate surface area is 107 Å². The van der Waals surface area contributed by atoms with Crippen LogP contribution in [-0.2, 0) is 6.42 Å². The fourth-order valence-electron chi connectivity index (χ4n) is 1.59. The zero-order chi connectivity index (χ0) is 12.8. The molecular weight excluding hydrogens is 238 g/mol. The SMILES string of the molecule is CCCc1c(Cl)ncnc1NC(CO)C(C)C. The number of hydrogen-bond donors (Lipinski definition) is 2. The first kappa shape index (κ1) is 14.2. The van der Waals surface area contributed by atoms with Crippen LogP contribution in [-0.4, -0.2) is 27.7 Å². The van der Waals surface area contributed by atoms with E-state index in [0.29, 0.717) is 11.1 Å². The first-order chi connectivity index (χ1) is 8.10. The lowest BCUT2D eigenvalue weighted by Gasteiger charge is -2.22. The maximum Gasteiger partial charge on any atom is 0.137 e. The summed E-state index contributed by atoms with van der Waals surface area (Å²) in [6, 6.07) is -0.0171. The van der Waals surface area contributed by atoms with Crippen LogP contribution in [0.3, 0.4) is 0 Å². The lowest BCUT2D eigenvalue weighted by molar-refractivity contribution is 0.249. The number of anilines is 1. The van der Waals surface area contributed by atoms with Gasteiger partial charge >= 0.3 is 0 Å². The van der Waals surface area contributed by atoms with Crippen LogP contribution in [0, 0.1) is 5.92 Å². The molecule has 1 atom stereocenters. The summed E-state index contributed by atoms with van der Waals surface area (Å²) in [6.45, 7) is 6.26. The quantitative estimate of drug-likeness (QED) is 0.769. The van der Waals surface area contributed by atoms with E-state index >= 15 is 0 Å². The number of hydrogen-bond acceptors (Lipinski definition) is 4. The number of aliphatic hydroxyl groups excluding tert-OH is 1. The maximum absolute atomic E-state index is 9.31. The Morgan fingerprint density at radius 2 is 2.12 bits per heavy atom. The summed E-state index contributed by atoms with van der Waals surface area (Å²) < 4.78 is 0. The Hall–Kier alpha value is -0.870. The summed E-state index contributed by atoms with van der Waals surface area (Å²) in [4.78, 5) is 8.20. The van der Waals surface area contributed by atoms with Gasteiger partial charge in [0, 0.05) is 5.56 Å². The predicted molar refractivity (Wildman–Crippen MR) is 70.4 cm³/mol. The minimum absolute atomic E-state index is 0.0171. The molecule has 0 saturated carbocycles. The van der Waals surface area contributed by atoms with E-state index in [1.807, 2.05) is 0 Å². The zero-order valence-electron chi connectivity index (χ0n) is 10.6. The highest BCUT2D eigenvalue weighted by Crippen LogP contribution is 2.22. The van der Waals surface area contributed by atoms with Crippen LogP contribution in [0.25, 0.3) is 0 Å². The second-order valence-electron chi connectivity index (χ2n) is 4.42. The van der Waals surface area contributed by atoms with E-state index in [1.165, 1.54) is 6.33 Å². The van der Waals surface area contributed by atoms with Gasteiger partial charge in [0.15, 0.2) is 0 Å². The van der Waals surface area contributed by atoms with Crippen molar-refractivity contribution >= 4 is 17.4 Å². The van der Waals surface area contributed by atoms with Crippen molar-refractivity contribution in [2.24, 2.45) is 5.92 Å². The van der Waals surface area contributed by atoms with Crippen LogP contribution in [0.15, 0.2) is 6.33 Å². The fourth-order valence-corrected chi connectivity index (χ4v) is 1.81. The molecule has 0 aliphatic heterocycles. The highest BCUT2D eigenvalue weighted by Gasteiger charge is 2.16. The Kier molecular flexibility index (Phi) is 5.65. The van der Waals surface area contributed by atoms with Crippen LogP contribution in [0.2, 0.25) is 5.15 Å². The lowest BCUT2D eigenvalue weighted by Crippen LogP contribution is -2.30. The van der Waals surface area contributed by atoms with Gasteiger partial charge in [-0.25, -0.2) is 9.97 Å². The van der Waals surface area contributed by atoms with Gasteiger partial charge in [-0.3, -0.25) is 0 Å². The van der Waals surface area contributed by atoms with Gasteiger partial charge in [-0.2, -0.15) is 0 Å². The molecule has 1 aromatic rings. The Bertz CT molecular complexity index is 358. The summed E-state index contributed by atoms with van der Waals surface area (Å²) in [5.41, 5.74) is 0.927. The summed E-state index contributed by atoms with van der Waals surface area (Å²) in [5, 5.41) is 13.0. The van der Waals surface area contributed by atoms with Gasteiger partial charge in [0.25, 0.3) is 0 Å². The molecule has 1 rings (SSSR count).